The van der Waals surface area contributed by atoms with E-state index in [1.165, 1.54) is 0 Å². The molecule has 1 N–H and O–H groups in total. The van der Waals surface area contributed by atoms with Gasteiger partial charge < -0.3 is 10.0 Å². The molecule has 0 bridgehead atoms. The fourth-order valence-corrected chi connectivity index (χ4v) is 3.97. The third-order valence-corrected chi connectivity index (χ3v) is 5.36. The van der Waals surface area contributed by atoms with E-state index < -0.39 is 17.9 Å². The third-order valence-electron chi connectivity index (χ3n) is 5.11. The molecule has 0 aliphatic carbocycles. The van der Waals surface area contributed by atoms with Crippen LogP contribution in [0.4, 0.5) is 0 Å². The average molecular weight is 392 g/mol. The summed E-state index contributed by atoms with van der Waals surface area (Å²) in [6.07, 6.45) is 0. The summed E-state index contributed by atoms with van der Waals surface area (Å²) in [5, 5.41) is 10.7. The molecule has 0 aromatic heterocycles. The highest BCUT2D eigenvalue weighted by atomic mass is 35.5. The van der Waals surface area contributed by atoms with E-state index in [0.29, 0.717) is 22.7 Å². The van der Waals surface area contributed by atoms with E-state index in [9.17, 15) is 14.7 Å². The van der Waals surface area contributed by atoms with Gasteiger partial charge in [0.05, 0.1) is 6.04 Å². The van der Waals surface area contributed by atoms with Gasteiger partial charge in [-0.05, 0) is 34.9 Å². The molecule has 4 rings (SSSR count). The molecule has 1 heterocycles. The Bertz CT molecular complexity index is 1020. The van der Waals surface area contributed by atoms with E-state index in [4.69, 9.17) is 11.6 Å². The van der Waals surface area contributed by atoms with Crippen molar-refractivity contribution in [3.63, 3.8) is 0 Å². The lowest BCUT2D eigenvalue weighted by atomic mass is 9.79. The normalized spacial score (nSPS) is 18.6. The number of rotatable bonds is 4. The molecule has 5 heteroatoms. The van der Waals surface area contributed by atoms with Gasteiger partial charge in [0, 0.05) is 17.1 Å². The van der Waals surface area contributed by atoms with Crippen LogP contribution in [0.2, 0.25) is 5.02 Å². The largest absolute Gasteiger partial charge is 0.481 e. The summed E-state index contributed by atoms with van der Waals surface area (Å²) in [5.74, 6) is -1.96. The smallest absolute Gasteiger partial charge is 0.313 e. The molecule has 0 saturated heterocycles. The molecule has 0 saturated carbocycles. The molecule has 0 fully saturated rings. The maximum atomic E-state index is 13.3. The predicted octanol–water partition coefficient (Wildman–Crippen LogP) is 4.91. The first-order chi connectivity index (χ1) is 13.6. The van der Waals surface area contributed by atoms with E-state index in [1.807, 2.05) is 42.5 Å². The Morgan fingerprint density at radius 2 is 1.57 bits per heavy atom. The average Bonchev–Trinajstić information content (AvgIpc) is 2.71. The fraction of sp³-hybridized carbons (Fsp3) is 0.130. The molecule has 0 spiro atoms. The van der Waals surface area contributed by atoms with Crippen molar-refractivity contribution in [2.75, 3.05) is 0 Å². The minimum atomic E-state index is -0.949. The third kappa shape index (κ3) is 3.27. The van der Waals surface area contributed by atoms with Gasteiger partial charge in [0.2, 0.25) is 0 Å². The number of carboxylic acids is 1. The van der Waals surface area contributed by atoms with Gasteiger partial charge in [0.1, 0.15) is 5.92 Å². The molecule has 3 aromatic carbocycles. The zero-order valence-electron chi connectivity index (χ0n) is 15.0. The predicted molar refractivity (Wildman–Crippen MR) is 107 cm³/mol. The minimum Gasteiger partial charge on any atom is -0.481 e. The number of carbonyl (C=O) groups is 2. The minimum absolute atomic E-state index is 0.170. The van der Waals surface area contributed by atoms with Crippen LogP contribution in [-0.2, 0) is 11.3 Å². The molecule has 4 nitrogen and oxygen atoms in total. The van der Waals surface area contributed by atoms with E-state index in [1.54, 1.807) is 41.3 Å². The molecule has 3 aromatic rings. The number of aliphatic carboxylic acids is 1. The second-order valence-electron chi connectivity index (χ2n) is 6.82. The topological polar surface area (TPSA) is 57.6 Å². The second-order valence-corrected chi connectivity index (χ2v) is 7.25. The lowest BCUT2D eigenvalue weighted by Gasteiger charge is -2.41. The number of amides is 1. The van der Waals surface area contributed by atoms with Gasteiger partial charge in [0.25, 0.3) is 5.91 Å². The highest BCUT2D eigenvalue weighted by Gasteiger charge is 2.44. The number of hydrogen-bond acceptors (Lipinski definition) is 2. The molecular weight excluding hydrogens is 374 g/mol. The molecular formula is C23H18ClNO3. The summed E-state index contributed by atoms with van der Waals surface area (Å²) in [5.41, 5.74) is 2.69. The van der Waals surface area contributed by atoms with Crippen LogP contribution in [0.15, 0.2) is 78.9 Å². The number of hydrogen-bond donors (Lipinski definition) is 1. The first kappa shape index (κ1) is 18.3. The monoisotopic (exact) mass is 391 g/mol. The van der Waals surface area contributed by atoms with Crippen LogP contribution < -0.4 is 0 Å². The summed E-state index contributed by atoms with van der Waals surface area (Å²) >= 11 is 5.98. The lowest BCUT2D eigenvalue weighted by Crippen LogP contribution is -2.44. The van der Waals surface area contributed by atoms with Gasteiger partial charge in [-0.15, -0.1) is 0 Å². The summed E-state index contributed by atoms with van der Waals surface area (Å²) in [7, 11) is 0. The van der Waals surface area contributed by atoms with Gasteiger partial charge in [-0.1, -0.05) is 72.3 Å². The maximum absolute atomic E-state index is 13.3. The Hall–Kier alpha value is -3.11. The Labute approximate surface area is 168 Å². The number of benzene rings is 3. The van der Waals surface area contributed by atoms with Crippen molar-refractivity contribution < 1.29 is 14.7 Å². The highest BCUT2D eigenvalue weighted by Crippen LogP contribution is 2.43. The van der Waals surface area contributed by atoms with Crippen LogP contribution in [0.25, 0.3) is 0 Å². The summed E-state index contributed by atoms with van der Waals surface area (Å²) in [4.78, 5) is 27.3. The Morgan fingerprint density at radius 3 is 2.25 bits per heavy atom. The zero-order valence-corrected chi connectivity index (χ0v) is 15.7. The van der Waals surface area contributed by atoms with Crippen LogP contribution in [0, 0.1) is 0 Å². The van der Waals surface area contributed by atoms with E-state index in [0.717, 1.165) is 11.1 Å². The summed E-state index contributed by atoms with van der Waals surface area (Å²) < 4.78 is 0. The number of nitrogens with zero attached hydrogens (tertiary/aromatic N) is 1. The van der Waals surface area contributed by atoms with E-state index in [-0.39, 0.29) is 5.91 Å². The van der Waals surface area contributed by atoms with Gasteiger partial charge in [0.15, 0.2) is 0 Å². The van der Waals surface area contributed by atoms with E-state index in [2.05, 4.69) is 0 Å². The molecule has 1 aliphatic rings. The van der Waals surface area contributed by atoms with Crippen LogP contribution >= 0.6 is 11.6 Å². The molecule has 0 radical (unpaired) electrons. The first-order valence-corrected chi connectivity index (χ1v) is 9.36. The van der Waals surface area contributed by atoms with Crippen molar-refractivity contribution in [3.05, 3.63) is 106 Å². The molecule has 1 aliphatic heterocycles. The quantitative estimate of drug-likeness (QED) is 0.687. The SMILES string of the molecule is O=C(O)[C@H]1c2ccccc2C(=O)N(Cc2ccc(Cl)cc2)[C@@H]1c1ccccc1. The van der Waals surface area contributed by atoms with Crippen LogP contribution in [0.5, 0.6) is 0 Å². The Kier molecular flexibility index (Phi) is 4.88. The van der Waals surface area contributed by atoms with Crippen LogP contribution in [-0.4, -0.2) is 21.9 Å². The number of fused-ring (bicyclic) bond motifs is 1. The van der Waals surface area contributed by atoms with Gasteiger partial charge in [-0.3, -0.25) is 9.59 Å². The first-order valence-electron chi connectivity index (χ1n) is 8.98. The zero-order chi connectivity index (χ0) is 19.7. The van der Waals surface area contributed by atoms with Gasteiger partial charge in [-0.25, -0.2) is 0 Å². The van der Waals surface area contributed by atoms with Crippen molar-refractivity contribution in [3.8, 4) is 0 Å². The van der Waals surface area contributed by atoms with Crippen LogP contribution in [0.1, 0.15) is 39.0 Å². The second kappa shape index (κ2) is 7.49. The standard InChI is InChI=1S/C23H18ClNO3/c24-17-12-10-15(11-13-17)14-25-21(16-6-2-1-3-7-16)20(23(27)28)18-8-4-5-9-19(18)22(25)26/h1-13,20-21H,14H2,(H,27,28)/t20-,21+/m0/s1. The Morgan fingerprint density at radius 1 is 0.929 bits per heavy atom. The van der Waals surface area contributed by atoms with Crippen molar-refractivity contribution in [2.24, 2.45) is 0 Å². The van der Waals surface area contributed by atoms with Crippen molar-refractivity contribution in [1.29, 1.82) is 0 Å². The van der Waals surface area contributed by atoms with E-state index >= 15 is 0 Å². The fourth-order valence-electron chi connectivity index (χ4n) is 3.84. The molecule has 0 unspecified atom stereocenters. The van der Waals surface area contributed by atoms with Gasteiger partial charge >= 0.3 is 5.97 Å². The summed E-state index contributed by atoms with van der Waals surface area (Å²) in [6.45, 7) is 0.299. The number of halogens is 1. The van der Waals surface area contributed by atoms with Crippen molar-refractivity contribution in [1.82, 2.24) is 4.90 Å². The molecule has 2 atom stereocenters. The molecule has 140 valence electrons. The number of carbonyl (C=O) groups excluding carboxylic acids is 1. The maximum Gasteiger partial charge on any atom is 0.313 e. The van der Waals surface area contributed by atoms with Gasteiger partial charge in [-0.2, -0.15) is 0 Å². The summed E-state index contributed by atoms with van der Waals surface area (Å²) in [6, 6.07) is 23.0. The molecule has 1 amide bonds. The van der Waals surface area contributed by atoms with Crippen molar-refractivity contribution >= 4 is 23.5 Å². The number of carboxylic acid groups (broad SMARTS) is 1. The van der Waals surface area contributed by atoms with Crippen LogP contribution in [0.3, 0.4) is 0 Å². The lowest BCUT2D eigenvalue weighted by molar-refractivity contribution is -0.140. The van der Waals surface area contributed by atoms with Crippen molar-refractivity contribution in [2.45, 2.75) is 18.5 Å². The highest BCUT2D eigenvalue weighted by molar-refractivity contribution is 6.30. The molecule has 28 heavy (non-hydrogen) atoms. The Balaban J connectivity index is 1.86.